The van der Waals surface area contributed by atoms with Crippen molar-refractivity contribution in [1.82, 2.24) is 0 Å². The number of benzene rings is 3. The minimum Gasteiger partial charge on any atom is -0.478 e. The molecule has 0 heterocycles. The summed E-state index contributed by atoms with van der Waals surface area (Å²) in [4.78, 5) is 24.4. The SMILES string of the molecule is Cc1cc(C2CCCC2)c(C(C)C)c(-c2ccccc2C(=O)O)c1-c1ccccc1C(=O)O. The summed E-state index contributed by atoms with van der Waals surface area (Å²) in [6.07, 6.45) is 4.66. The van der Waals surface area contributed by atoms with Crippen molar-refractivity contribution in [2.24, 2.45) is 0 Å². The van der Waals surface area contributed by atoms with Crippen LogP contribution in [-0.4, -0.2) is 22.2 Å². The highest BCUT2D eigenvalue weighted by Gasteiger charge is 2.29. The molecule has 1 saturated carbocycles. The van der Waals surface area contributed by atoms with E-state index in [0.29, 0.717) is 17.0 Å². The second-order valence-electron chi connectivity index (χ2n) is 9.28. The summed E-state index contributed by atoms with van der Waals surface area (Å²) < 4.78 is 0. The van der Waals surface area contributed by atoms with Crippen molar-refractivity contribution in [1.29, 1.82) is 0 Å². The van der Waals surface area contributed by atoms with Crippen LogP contribution in [0.5, 0.6) is 0 Å². The molecule has 0 atom stereocenters. The zero-order valence-corrected chi connectivity index (χ0v) is 19.4. The van der Waals surface area contributed by atoms with E-state index in [9.17, 15) is 19.8 Å². The average molecular weight is 443 g/mol. The second-order valence-corrected chi connectivity index (χ2v) is 9.28. The Hall–Kier alpha value is -3.40. The first-order chi connectivity index (χ1) is 15.8. The first-order valence-electron chi connectivity index (χ1n) is 11.6. The lowest BCUT2D eigenvalue weighted by Crippen LogP contribution is -2.10. The maximum atomic E-state index is 12.2. The smallest absolute Gasteiger partial charge is 0.336 e. The molecule has 0 amide bonds. The number of aromatic carboxylic acids is 2. The van der Waals surface area contributed by atoms with Crippen LogP contribution in [0.4, 0.5) is 0 Å². The van der Waals surface area contributed by atoms with Crippen LogP contribution in [0.3, 0.4) is 0 Å². The van der Waals surface area contributed by atoms with Crippen LogP contribution in [-0.2, 0) is 0 Å². The summed E-state index contributed by atoms with van der Waals surface area (Å²) >= 11 is 0. The number of carbonyl (C=O) groups is 2. The molecule has 2 N–H and O–H groups in total. The van der Waals surface area contributed by atoms with Gasteiger partial charge in [-0.1, -0.05) is 69.2 Å². The number of carboxylic acids is 2. The third-order valence-electron chi connectivity index (χ3n) is 6.82. The van der Waals surface area contributed by atoms with Crippen molar-refractivity contribution in [3.8, 4) is 22.3 Å². The van der Waals surface area contributed by atoms with Crippen LogP contribution in [0, 0.1) is 6.92 Å². The van der Waals surface area contributed by atoms with E-state index in [1.165, 1.54) is 18.4 Å². The summed E-state index contributed by atoms with van der Waals surface area (Å²) in [6.45, 7) is 6.30. The van der Waals surface area contributed by atoms with Gasteiger partial charge in [-0.05, 0) is 82.7 Å². The zero-order chi connectivity index (χ0) is 23.7. The summed E-state index contributed by atoms with van der Waals surface area (Å²) in [7, 11) is 0. The van der Waals surface area contributed by atoms with E-state index in [0.717, 1.165) is 35.1 Å². The van der Waals surface area contributed by atoms with Crippen molar-refractivity contribution in [3.05, 3.63) is 82.4 Å². The molecule has 1 aliphatic carbocycles. The zero-order valence-electron chi connectivity index (χ0n) is 19.4. The lowest BCUT2D eigenvalue weighted by Gasteiger charge is -2.28. The van der Waals surface area contributed by atoms with Crippen LogP contribution >= 0.6 is 0 Å². The first-order valence-corrected chi connectivity index (χ1v) is 11.6. The highest BCUT2D eigenvalue weighted by atomic mass is 16.4. The molecule has 0 saturated heterocycles. The molecule has 170 valence electrons. The molecule has 0 bridgehead atoms. The fraction of sp³-hybridized carbons (Fsp3) is 0.310. The van der Waals surface area contributed by atoms with Gasteiger partial charge in [0.2, 0.25) is 0 Å². The monoisotopic (exact) mass is 442 g/mol. The van der Waals surface area contributed by atoms with Gasteiger partial charge in [0, 0.05) is 0 Å². The Kier molecular flexibility index (Phi) is 6.37. The second kappa shape index (κ2) is 9.22. The minimum atomic E-state index is -0.992. The van der Waals surface area contributed by atoms with E-state index >= 15 is 0 Å². The van der Waals surface area contributed by atoms with E-state index in [1.807, 2.05) is 31.2 Å². The maximum absolute atomic E-state index is 12.2. The predicted octanol–water partition coefficient (Wildman–Crippen LogP) is 7.51. The van der Waals surface area contributed by atoms with Crippen molar-refractivity contribution in [3.63, 3.8) is 0 Å². The molecule has 0 unspecified atom stereocenters. The van der Waals surface area contributed by atoms with Gasteiger partial charge in [0.05, 0.1) is 11.1 Å². The molecule has 1 aliphatic rings. The highest BCUT2D eigenvalue weighted by molar-refractivity contribution is 6.04. The number of carboxylic acid groups (broad SMARTS) is 2. The molecule has 33 heavy (non-hydrogen) atoms. The van der Waals surface area contributed by atoms with Crippen molar-refractivity contribution >= 4 is 11.9 Å². The minimum absolute atomic E-state index is 0.147. The maximum Gasteiger partial charge on any atom is 0.336 e. The summed E-state index contributed by atoms with van der Waals surface area (Å²) in [5.41, 5.74) is 6.79. The molecule has 1 fully saturated rings. The van der Waals surface area contributed by atoms with E-state index in [1.54, 1.807) is 24.3 Å². The number of rotatable bonds is 6. The molecule has 0 aromatic heterocycles. The lowest BCUT2D eigenvalue weighted by atomic mass is 9.76. The van der Waals surface area contributed by atoms with Crippen molar-refractivity contribution in [2.45, 2.75) is 58.3 Å². The molecular formula is C29H30O4. The van der Waals surface area contributed by atoms with E-state index in [4.69, 9.17) is 0 Å². The molecule has 3 aromatic rings. The van der Waals surface area contributed by atoms with Gasteiger partial charge < -0.3 is 10.2 Å². The Morgan fingerprint density at radius 1 is 0.818 bits per heavy atom. The fourth-order valence-corrected chi connectivity index (χ4v) is 5.46. The van der Waals surface area contributed by atoms with Crippen molar-refractivity contribution < 1.29 is 19.8 Å². The third kappa shape index (κ3) is 4.18. The van der Waals surface area contributed by atoms with Gasteiger partial charge in [0.25, 0.3) is 0 Å². The topological polar surface area (TPSA) is 74.6 Å². The van der Waals surface area contributed by atoms with Gasteiger partial charge in [-0.25, -0.2) is 9.59 Å². The summed E-state index contributed by atoms with van der Waals surface area (Å²) in [6, 6.07) is 16.3. The van der Waals surface area contributed by atoms with E-state index in [-0.39, 0.29) is 17.0 Å². The Morgan fingerprint density at radius 3 is 1.79 bits per heavy atom. The number of hydrogen-bond acceptors (Lipinski definition) is 2. The Balaban J connectivity index is 2.18. The van der Waals surface area contributed by atoms with Crippen LogP contribution in [0.1, 0.15) is 88.8 Å². The molecule has 4 nitrogen and oxygen atoms in total. The molecule has 4 rings (SSSR count). The number of aryl methyl sites for hydroxylation is 1. The lowest BCUT2D eigenvalue weighted by molar-refractivity contribution is 0.0686. The Bertz CT molecular complexity index is 1220. The fourth-order valence-electron chi connectivity index (χ4n) is 5.46. The predicted molar refractivity (Wildman–Crippen MR) is 131 cm³/mol. The Morgan fingerprint density at radius 2 is 1.30 bits per heavy atom. The van der Waals surface area contributed by atoms with Gasteiger partial charge in [0.1, 0.15) is 0 Å². The van der Waals surface area contributed by atoms with E-state index < -0.39 is 11.9 Å². The normalized spacial score (nSPS) is 14.1. The summed E-state index contributed by atoms with van der Waals surface area (Å²) in [5.74, 6) is -1.38. The van der Waals surface area contributed by atoms with Gasteiger partial charge in [0.15, 0.2) is 0 Å². The molecule has 0 spiro atoms. The largest absolute Gasteiger partial charge is 0.478 e. The third-order valence-corrected chi connectivity index (χ3v) is 6.82. The average Bonchev–Trinajstić information content (AvgIpc) is 3.33. The van der Waals surface area contributed by atoms with Crippen molar-refractivity contribution in [2.75, 3.05) is 0 Å². The van der Waals surface area contributed by atoms with Crippen LogP contribution in [0.15, 0.2) is 54.6 Å². The quantitative estimate of drug-likeness (QED) is 0.414. The van der Waals surface area contributed by atoms with Gasteiger partial charge in [-0.3, -0.25) is 0 Å². The highest BCUT2D eigenvalue weighted by Crippen LogP contribution is 2.48. The van der Waals surface area contributed by atoms with Gasteiger partial charge in [-0.2, -0.15) is 0 Å². The molecule has 0 radical (unpaired) electrons. The summed E-state index contributed by atoms with van der Waals surface area (Å²) in [5, 5.41) is 20.0. The number of hydrogen-bond donors (Lipinski definition) is 2. The molecule has 4 heteroatoms. The molecular weight excluding hydrogens is 412 g/mol. The first kappa shape index (κ1) is 22.8. The standard InChI is InChI=1S/C29H30O4/c1-17(2)25-24(19-10-4-5-11-19)16-18(3)26(20-12-6-8-14-22(20)28(30)31)27(25)21-13-7-9-15-23(21)29(32)33/h6-9,12-17,19H,4-5,10-11H2,1-3H3,(H,30,31)(H,32,33). The van der Waals surface area contributed by atoms with Gasteiger partial charge >= 0.3 is 11.9 Å². The van der Waals surface area contributed by atoms with Crippen LogP contribution < -0.4 is 0 Å². The molecule has 0 aliphatic heterocycles. The van der Waals surface area contributed by atoms with Gasteiger partial charge in [-0.15, -0.1) is 0 Å². The molecule has 3 aromatic carbocycles. The van der Waals surface area contributed by atoms with E-state index in [2.05, 4.69) is 19.9 Å². The van der Waals surface area contributed by atoms with Crippen LogP contribution in [0.25, 0.3) is 22.3 Å². The van der Waals surface area contributed by atoms with Crippen LogP contribution in [0.2, 0.25) is 0 Å². The Labute approximate surface area is 194 Å².